The number of carbonyl (C=O) groups excluding carboxylic acids is 1. The average Bonchev–Trinajstić information content (AvgIpc) is 3.11. The zero-order chi connectivity index (χ0) is 15.7. The Morgan fingerprint density at radius 3 is 2.95 bits per heavy atom. The van der Waals surface area contributed by atoms with Gasteiger partial charge in [0.25, 0.3) is 5.91 Å². The van der Waals surface area contributed by atoms with Crippen molar-refractivity contribution >= 4 is 16.8 Å². The predicted octanol–water partition coefficient (Wildman–Crippen LogP) is 2.08. The smallest absolute Gasteiger partial charge is 0.268 e. The first-order valence-electron chi connectivity index (χ1n) is 7.69. The van der Waals surface area contributed by atoms with Gasteiger partial charge in [0.2, 0.25) is 0 Å². The van der Waals surface area contributed by atoms with Gasteiger partial charge in [0.1, 0.15) is 11.4 Å². The van der Waals surface area contributed by atoms with E-state index >= 15 is 0 Å². The Bertz CT molecular complexity index is 693. The largest absolute Gasteiger partial charge is 0.497 e. The van der Waals surface area contributed by atoms with Crippen LogP contribution in [0.3, 0.4) is 0 Å². The Labute approximate surface area is 129 Å². The number of fused-ring (bicyclic) bond motifs is 1. The zero-order valence-corrected chi connectivity index (χ0v) is 13.0. The highest BCUT2D eigenvalue weighted by atomic mass is 16.5. The number of aliphatic hydroxyl groups excluding tert-OH is 1. The second-order valence-corrected chi connectivity index (χ2v) is 5.97. The van der Waals surface area contributed by atoms with Crippen LogP contribution in [0.5, 0.6) is 5.75 Å². The summed E-state index contributed by atoms with van der Waals surface area (Å²) in [6, 6.07) is 7.73. The molecule has 1 aliphatic rings. The van der Waals surface area contributed by atoms with E-state index in [0.717, 1.165) is 35.9 Å². The minimum atomic E-state index is -0.0805. The van der Waals surface area contributed by atoms with Crippen molar-refractivity contribution in [3.05, 3.63) is 30.0 Å². The van der Waals surface area contributed by atoms with Crippen molar-refractivity contribution in [1.82, 2.24) is 9.88 Å². The molecule has 1 fully saturated rings. The molecule has 2 aromatic rings. The third-order valence-electron chi connectivity index (χ3n) is 4.69. The SMILES string of the molecule is COc1ccc2c(c1)cc(C(=O)N[C@@H]1CCC[C@@H]1CO)n2C. The molecule has 5 heteroatoms. The molecule has 2 N–H and O–H groups in total. The molecule has 3 rings (SSSR count). The maximum Gasteiger partial charge on any atom is 0.268 e. The van der Waals surface area contributed by atoms with Crippen LogP contribution in [0.25, 0.3) is 10.9 Å². The van der Waals surface area contributed by atoms with Crippen molar-refractivity contribution in [1.29, 1.82) is 0 Å². The maximum atomic E-state index is 12.6. The van der Waals surface area contributed by atoms with Gasteiger partial charge in [-0.25, -0.2) is 0 Å². The van der Waals surface area contributed by atoms with Crippen molar-refractivity contribution in [2.75, 3.05) is 13.7 Å². The lowest BCUT2D eigenvalue weighted by atomic mass is 10.1. The first-order chi connectivity index (χ1) is 10.6. The summed E-state index contributed by atoms with van der Waals surface area (Å²) >= 11 is 0. The van der Waals surface area contributed by atoms with E-state index in [2.05, 4.69) is 5.32 Å². The molecule has 1 saturated carbocycles. The summed E-state index contributed by atoms with van der Waals surface area (Å²) in [6.45, 7) is 0.136. The zero-order valence-electron chi connectivity index (χ0n) is 13.0. The van der Waals surface area contributed by atoms with Gasteiger partial charge in [-0.2, -0.15) is 0 Å². The quantitative estimate of drug-likeness (QED) is 0.909. The highest BCUT2D eigenvalue weighted by Gasteiger charge is 2.28. The van der Waals surface area contributed by atoms with Gasteiger partial charge < -0.3 is 19.7 Å². The molecular formula is C17H22N2O3. The molecule has 0 aliphatic heterocycles. The summed E-state index contributed by atoms with van der Waals surface area (Å²) in [5.74, 6) is 0.878. The Hall–Kier alpha value is -2.01. The van der Waals surface area contributed by atoms with Crippen molar-refractivity contribution in [3.8, 4) is 5.75 Å². The van der Waals surface area contributed by atoms with Crippen molar-refractivity contribution in [3.63, 3.8) is 0 Å². The van der Waals surface area contributed by atoms with E-state index in [9.17, 15) is 9.90 Å². The summed E-state index contributed by atoms with van der Waals surface area (Å²) in [6.07, 6.45) is 2.98. The van der Waals surface area contributed by atoms with Gasteiger partial charge in [-0.3, -0.25) is 4.79 Å². The number of hydrogen-bond acceptors (Lipinski definition) is 3. The molecule has 0 saturated heterocycles. The molecule has 1 aromatic carbocycles. The summed E-state index contributed by atoms with van der Waals surface area (Å²) in [5.41, 5.74) is 1.63. The fourth-order valence-corrected chi connectivity index (χ4v) is 3.36. The molecule has 5 nitrogen and oxygen atoms in total. The summed E-state index contributed by atoms with van der Waals surface area (Å²) < 4.78 is 7.13. The number of nitrogens with one attached hydrogen (secondary N) is 1. The lowest BCUT2D eigenvalue weighted by molar-refractivity contribution is 0.0908. The van der Waals surface area contributed by atoms with Gasteiger partial charge in [0, 0.05) is 36.5 Å². The number of methoxy groups -OCH3 is 1. The second kappa shape index (κ2) is 6.01. The number of nitrogens with zero attached hydrogens (tertiary/aromatic N) is 1. The molecule has 1 aliphatic carbocycles. The minimum Gasteiger partial charge on any atom is -0.497 e. The number of aromatic nitrogens is 1. The number of aliphatic hydroxyl groups is 1. The molecule has 1 aromatic heterocycles. The van der Waals surface area contributed by atoms with Gasteiger partial charge >= 0.3 is 0 Å². The predicted molar refractivity (Wildman–Crippen MR) is 85.2 cm³/mol. The standard InChI is InChI=1S/C17H22N2O3/c1-19-15-7-6-13(22-2)8-12(15)9-16(19)17(21)18-14-5-3-4-11(14)10-20/h6-9,11,14,20H,3-5,10H2,1-2H3,(H,18,21)/t11-,14-/m1/s1. The summed E-state index contributed by atoms with van der Waals surface area (Å²) in [4.78, 5) is 12.6. The van der Waals surface area contributed by atoms with Gasteiger partial charge in [-0.15, -0.1) is 0 Å². The van der Waals surface area contributed by atoms with E-state index in [4.69, 9.17) is 4.74 Å². The first kappa shape index (κ1) is 14.9. The second-order valence-electron chi connectivity index (χ2n) is 5.97. The summed E-state index contributed by atoms with van der Waals surface area (Å²) in [7, 11) is 3.52. The molecule has 0 unspecified atom stereocenters. The number of aryl methyl sites for hydroxylation is 1. The van der Waals surface area contributed by atoms with Crippen LogP contribution >= 0.6 is 0 Å². The average molecular weight is 302 g/mol. The Morgan fingerprint density at radius 1 is 1.41 bits per heavy atom. The number of ether oxygens (including phenoxy) is 1. The number of amides is 1. The number of benzene rings is 1. The van der Waals surface area contributed by atoms with Gasteiger partial charge in [-0.05, 0) is 37.1 Å². The fourth-order valence-electron chi connectivity index (χ4n) is 3.36. The van der Waals surface area contributed by atoms with E-state index < -0.39 is 0 Å². The fraction of sp³-hybridized carbons (Fsp3) is 0.471. The van der Waals surface area contributed by atoms with E-state index in [1.807, 2.05) is 35.9 Å². The highest BCUT2D eigenvalue weighted by Crippen LogP contribution is 2.27. The van der Waals surface area contributed by atoms with Crippen LogP contribution in [0.15, 0.2) is 24.3 Å². The number of carbonyl (C=O) groups is 1. The Morgan fingerprint density at radius 2 is 2.23 bits per heavy atom. The molecule has 1 amide bonds. The molecule has 0 radical (unpaired) electrons. The van der Waals surface area contributed by atoms with Crippen LogP contribution in [0, 0.1) is 5.92 Å². The van der Waals surface area contributed by atoms with Gasteiger partial charge in [0.05, 0.1) is 7.11 Å². The van der Waals surface area contributed by atoms with E-state index in [0.29, 0.717) is 5.69 Å². The lowest BCUT2D eigenvalue weighted by Gasteiger charge is -2.19. The van der Waals surface area contributed by atoms with Crippen LogP contribution < -0.4 is 10.1 Å². The van der Waals surface area contributed by atoms with Crippen molar-refractivity contribution < 1.29 is 14.6 Å². The number of rotatable bonds is 4. The molecule has 0 bridgehead atoms. The normalized spacial score (nSPS) is 21.2. The molecular weight excluding hydrogens is 280 g/mol. The van der Waals surface area contributed by atoms with E-state index in [1.54, 1.807) is 7.11 Å². The third kappa shape index (κ3) is 2.57. The maximum absolute atomic E-state index is 12.6. The molecule has 118 valence electrons. The van der Waals surface area contributed by atoms with E-state index in [-0.39, 0.29) is 24.5 Å². The van der Waals surface area contributed by atoms with Crippen molar-refractivity contribution in [2.45, 2.75) is 25.3 Å². The van der Waals surface area contributed by atoms with E-state index in [1.165, 1.54) is 0 Å². The Balaban J connectivity index is 1.86. The number of hydrogen-bond donors (Lipinski definition) is 2. The lowest BCUT2D eigenvalue weighted by Crippen LogP contribution is -2.39. The van der Waals surface area contributed by atoms with Crippen LogP contribution in [-0.2, 0) is 7.05 Å². The Kier molecular flexibility index (Phi) is 4.07. The molecule has 1 heterocycles. The first-order valence-corrected chi connectivity index (χ1v) is 7.69. The van der Waals surface area contributed by atoms with Gasteiger partial charge in [0.15, 0.2) is 0 Å². The van der Waals surface area contributed by atoms with Crippen LogP contribution in [0.4, 0.5) is 0 Å². The van der Waals surface area contributed by atoms with Crippen LogP contribution in [-0.4, -0.2) is 35.3 Å². The third-order valence-corrected chi connectivity index (χ3v) is 4.69. The monoisotopic (exact) mass is 302 g/mol. The van der Waals surface area contributed by atoms with Gasteiger partial charge in [-0.1, -0.05) is 6.42 Å². The molecule has 22 heavy (non-hydrogen) atoms. The summed E-state index contributed by atoms with van der Waals surface area (Å²) in [5, 5.41) is 13.4. The molecule has 0 spiro atoms. The highest BCUT2D eigenvalue weighted by molar-refractivity contribution is 5.99. The molecule has 2 atom stereocenters. The minimum absolute atomic E-state index is 0.0741. The van der Waals surface area contributed by atoms with Crippen LogP contribution in [0.1, 0.15) is 29.8 Å². The topological polar surface area (TPSA) is 63.5 Å². The van der Waals surface area contributed by atoms with Crippen molar-refractivity contribution in [2.24, 2.45) is 13.0 Å². The van der Waals surface area contributed by atoms with Crippen LogP contribution in [0.2, 0.25) is 0 Å².